The summed E-state index contributed by atoms with van der Waals surface area (Å²) >= 11 is 6.08. The first-order valence-electron chi connectivity index (χ1n) is 7.48. The Labute approximate surface area is 161 Å². The largest absolute Gasteiger partial charge is 0.458 e. The summed E-state index contributed by atoms with van der Waals surface area (Å²) in [7, 11) is 1.47. The number of carbonyl (C=O) groups is 2. The zero-order chi connectivity index (χ0) is 20.0. The lowest BCUT2D eigenvalue weighted by Crippen LogP contribution is -2.38. The minimum absolute atomic E-state index is 0.0328. The second kappa shape index (κ2) is 9.00. The quantitative estimate of drug-likeness (QED) is 0.723. The summed E-state index contributed by atoms with van der Waals surface area (Å²) in [6, 6.07) is 6.59. The number of alkyl halides is 3. The number of rotatable bonds is 6. The molecular weight excluding hydrogens is 409 g/mol. The van der Waals surface area contributed by atoms with Gasteiger partial charge in [-0.25, -0.2) is 9.59 Å². The van der Waals surface area contributed by atoms with Gasteiger partial charge in [0.25, 0.3) is 0 Å². The van der Waals surface area contributed by atoms with Crippen molar-refractivity contribution >= 4 is 34.9 Å². The Balaban J connectivity index is 1.75. The number of nitrogens with zero attached hydrogens (tertiary/aromatic N) is 3. The van der Waals surface area contributed by atoms with Gasteiger partial charge in [-0.3, -0.25) is 0 Å². The number of ether oxygens (including phenoxy) is 1. The van der Waals surface area contributed by atoms with Crippen LogP contribution in [0.25, 0.3) is 0 Å². The van der Waals surface area contributed by atoms with Gasteiger partial charge in [-0.2, -0.15) is 13.2 Å². The molecule has 2 amide bonds. The van der Waals surface area contributed by atoms with E-state index in [1.54, 1.807) is 24.3 Å². The number of hydrogen-bond donors (Lipinski definition) is 1. The summed E-state index contributed by atoms with van der Waals surface area (Å²) in [5.74, 6) is -1.03. The SMILES string of the molecule is CN(CCOC(=O)c1nnc(C(F)(F)F)s1)C(=O)NCc1ccccc1Cl. The molecule has 0 bridgehead atoms. The number of aromatic nitrogens is 2. The van der Waals surface area contributed by atoms with Crippen molar-refractivity contribution in [1.29, 1.82) is 0 Å². The summed E-state index contributed by atoms with van der Waals surface area (Å²) in [6.45, 7) is 0.0362. The number of likely N-dealkylation sites (N-methyl/N-ethyl adjacent to an activating group) is 1. The molecule has 1 heterocycles. The highest BCUT2D eigenvalue weighted by molar-refractivity contribution is 7.13. The highest BCUT2D eigenvalue weighted by Crippen LogP contribution is 2.31. The van der Waals surface area contributed by atoms with Crippen LogP contribution in [0.15, 0.2) is 24.3 Å². The van der Waals surface area contributed by atoms with Crippen LogP contribution >= 0.6 is 22.9 Å². The van der Waals surface area contributed by atoms with Crippen molar-refractivity contribution in [3.63, 3.8) is 0 Å². The maximum atomic E-state index is 12.4. The van der Waals surface area contributed by atoms with Crippen LogP contribution in [0.3, 0.4) is 0 Å². The van der Waals surface area contributed by atoms with E-state index >= 15 is 0 Å². The molecule has 146 valence electrons. The summed E-state index contributed by atoms with van der Waals surface area (Å²) in [5, 5.41) is 7.48. The molecule has 12 heteroatoms. The highest BCUT2D eigenvalue weighted by Gasteiger charge is 2.36. The van der Waals surface area contributed by atoms with Crippen LogP contribution in [0.2, 0.25) is 5.02 Å². The summed E-state index contributed by atoms with van der Waals surface area (Å²) in [5.41, 5.74) is 0.740. The molecule has 0 aliphatic carbocycles. The predicted octanol–water partition coefficient (Wildman–Crippen LogP) is 3.21. The third-order valence-electron chi connectivity index (χ3n) is 3.24. The van der Waals surface area contributed by atoms with Gasteiger partial charge >= 0.3 is 18.2 Å². The molecule has 2 aromatic rings. The van der Waals surface area contributed by atoms with E-state index in [0.29, 0.717) is 5.02 Å². The smallest absolute Gasteiger partial charge is 0.445 e. The average molecular weight is 423 g/mol. The van der Waals surface area contributed by atoms with E-state index in [1.165, 1.54) is 11.9 Å². The van der Waals surface area contributed by atoms with Crippen molar-refractivity contribution in [2.75, 3.05) is 20.2 Å². The topological polar surface area (TPSA) is 84.4 Å². The molecule has 27 heavy (non-hydrogen) atoms. The molecule has 0 fully saturated rings. The van der Waals surface area contributed by atoms with Crippen LogP contribution in [0.5, 0.6) is 0 Å². The lowest BCUT2D eigenvalue weighted by molar-refractivity contribution is -0.138. The summed E-state index contributed by atoms with van der Waals surface area (Å²) in [4.78, 5) is 24.9. The number of benzene rings is 1. The van der Waals surface area contributed by atoms with Gasteiger partial charge in [-0.05, 0) is 11.6 Å². The molecule has 0 unspecified atom stereocenters. The van der Waals surface area contributed by atoms with Crippen molar-refractivity contribution in [1.82, 2.24) is 20.4 Å². The molecule has 0 saturated heterocycles. The number of amides is 2. The lowest BCUT2D eigenvalue weighted by atomic mass is 10.2. The minimum Gasteiger partial charge on any atom is -0.458 e. The normalized spacial score (nSPS) is 11.1. The van der Waals surface area contributed by atoms with Crippen LogP contribution in [0.1, 0.15) is 20.4 Å². The van der Waals surface area contributed by atoms with E-state index in [2.05, 4.69) is 15.5 Å². The van der Waals surface area contributed by atoms with Crippen molar-refractivity contribution in [2.45, 2.75) is 12.7 Å². The maximum Gasteiger partial charge on any atom is 0.445 e. The Bertz CT molecular complexity index is 816. The number of urea groups is 1. The second-order valence-electron chi connectivity index (χ2n) is 5.22. The molecule has 7 nitrogen and oxygen atoms in total. The van der Waals surface area contributed by atoms with Crippen LogP contribution in [0, 0.1) is 0 Å². The minimum atomic E-state index is -4.67. The first-order chi connectivity index (χ1) is 12.7. The van der Waals surface area contributed by atoms with Crippen molar-refractivity contribution < 1.29 is 27.5 Å². The molecular formula is C15H14ClF3N4O3S. The number of carbonyl (C=O) groups excluding carboxylic acids is 2. The van der Waals surface area contributed by atoms with Crippen molar-refractivity contribution in [2.24, 2.45) is 0 Å². The fourth-order valence-corrected chi connectivity index (χ4v) is 2.61. The number of esters is 1. The van der Waals surface area contributed by atoms with E-state index in [1.807, 2.05) is 0 Å². The van der Waals surface area contributed by atoms with Crippen LogP contribution in [0.4, 0.5) is 18.0 Å². The third kappa shape index (κ3) is 6.07. The van der Waals surface area contributed by atoms with Gasteiger partial charge in [0.15, 0.2) is 0 Å². The van der Waals surface area contributed by atoms with Crippen LogP contribution in [-0.2, 0) is 17.5 Å². The first-order valence-corrected chi connectivity index (χ1v) is 8.68. The van der Waals surface area contributed by atoms with Gasteiger partial charge in [0.1, 0.15) is 6.61 Å². The van der Waals surface area contributed by atoms with E-state index < -0.39 is 28.2 Å². The molecule has 2 rings (SSSR count). The molecule has 0 spiro atoms. The lowest BCUT2D eigenvalue weighted by Gasteiger charge is -2.18. The molecule has 0 saturated carbocycles. The first kappa shape index (κ1) is 20.9. The van der Waals surface area contributed by atoms with E-state index in [9.17, 15) is 22.8 Å². The zero-order valence-electron chi connectivity index (χ0n) is 13.9. The van der Waals surface area contributed by atoms with Gasteiger partial charge < -0.3 is 15.0 Å². The fraction of sp³-hybridized carbons (Fsp3) is 0.333. The molecule has 0 atom stereocenters. The molecule has 0 aliphatic rings. The Morgan fingerprint density at radius 3 is 2.63 bits per heavy atom. The van der Waals surface area contributed by atoms with Gasteiger partial charge in [-0.1, -0.05) is 41.1 Å². The van der Waals surface area contributed by atoms with E-state index in [-0.39, 0.29) is 31.0 Å². The van der Waals surface area contributed by atoms with Crippen LogP contribution in [-0.4, -0.2) is 47.3 Å². The Hall–Kier alpha value is -2.40. The Morgan fingerprint density at radius 1 is 1.30 bits per heavy atom. The van der Waals surface area contributed by atoms with Gasteiger partial charge in [0, 0.05) is 18.6 Å². The van der Waals surface area contributed by atoms with E-state index in [4.69, 9.17) is 16.3 Å². The predicted molar refractivity (Wildman–Crippen MR) is 91.5 cm³/mol. The molecule has 0 aliphatic heterocycles. The van der Waals surface area contributed by atoms with Crippen molar-refractivity contribution in [3.8, 4) is 0 Å². The molecule has 1 N–H and O–H groups in total. The van der Waals surface area contributed by atoms with Gasteiger partial charge in [0.05, 0.1) is 6.54 Å². The van der Waals surface area contributed by atoms with E-state index in [0.717, 1.165) is 5.56 Å². The number of halogens is 4. The number of hydrogen-bond acceptors (Lipinski definition) is 6. The molecule has 0 radical (unpaired) electrons. The van der Waals surface area contributed by atoms with Gasteiger partial charge in [-0.15, -0.1) is 10.2 Å². The third-order valence-corrected chi connectivity index (χ3v) is 4.55. The highest BCUT2D eigenvalue weighted by atomic mass is 35.5. The summed E-state index contributed by atoms with van der Waals surface area (Å²) in [6.07, 6.45) is -4.67. The molecule has 1 aromatic heterocycles. The zero-order valence-corrected chi connectivity index (χ0v) is 15.5. The molecule has 1 aromatic carbocycles. The second-order valence-corrected chi connectivity index (χ2v) is 6.60. The Kier molecular flexibility index (Phi) is 6.97. The van der Waals surface area contributed by atoms with Crippen LogP contribution < -0.4 is 5.32 Å². The van der Waals surface area contributed by atoms with Crippen molar-refractivity contribution in [3.05, 3.63) is 44.9 Å². The fourth-order valence-electron chi connectivity index (χ4n) is 1.81. The monoisotopic (exact) mass is 422 g/mol. The standard InChI is InChI=1S/C15H14ClF3N4O3S/c1-23(14(25)20-8-9-4-2-3-5-10(9)16)6-7-26-12(24)11-21-22-13(27-11)15(17,18)19/h2-5H,6-8H2,1H3,(H,20,25). The Morgan fingerprint density at radius 2 is 2.00 bits per heavy atom. The summed E-state index contributed by atoms with van der Waals surface area (Å²) < 4.78 is 42.1. The van der Waals surface area contributed by atoms with Gasteiger partial charge in [0.2, 0.25) is 10.0 Å². The average Bonchev–Trinajstić information content (AvgIpc) is 3.11. The number of nitrogens with one attached hydrogen (secondary N) is 1. The maximum absolute atomic E-state index is 12.4.